The molecular formula is C19H15FN2O4. The Kier molecular flexibility index (Phi) is 3.91. The van der Waals surface area contributed by atoms with Gasteiger partial charge < -0.3 is 10.1 Å². The molecule has 0 unspecified atom stereocenters. The monoisotopic (exact) mass is 354 g/mol. The second-order valence-corrected chi connectivity index (χ2v) is 6.17. The van der Waals surface area contributed by atoms with Gasteiger partial charge in [-0.3, -0.25) is 14.5 Å². The molecule has 2 atom stereocenters. The summed E-state index contributed by atoms with van der Waals surface area (Å²) in [6.45, 7) is 0. The molecule has 2 aliphatic rings. The van der Waals surface area contributed by atoms with Crippen molar-refractivity contribution in [2.24, 2.45) is 0 Å². The fourth-order valence-electron chi connectivity index (χ4n) is 3.37. The number of carbonyl (C=O) groups excluding carboxylic acids is 3. The molecule has 2 heterocycles. The van der Waals surface area contributed by atoms with E-state index in [0.29, 0.717) is 11.1 Å². The van der Waals surface area contributed by atoms with Gasteiger partial charge in [-0.15, -0.1) is 0 Å². The molecule has 2 aromatic rings. The van der Waals surface area contributed by atoms with Crippen LogP contribution in [0.3, 0.4) is 0 Å². The first-order valence-electron chi connectivity index (χ1n) is 8.23. The summed E-state index contributed by atoms with van der Waals surface area (Å²) in [5.41, 5.74) is 0.975. The van der Waals surface area contributed by atoms with Crippen LogP contribution in [0.1, 0.15) is 35.0 Å². The molecule has 0 saturated carbocycles. The molecule has 6 nitrogen and oxygen atoms in total. The summed E-state index contributed by atoms with van der Waals surface area (Å²) in [5, 5.41) is 2.51. The number of benzene rings is 2. The van der Waals surface area contributed by atoms with E-state index in [4.69, 9.17) is 4.74 Å². The number of nitrogens with one attached hydrogen (secondary N) is 1. The van der Waals surface area contributed by atoms with Gasteiger partial charge in [-0.05, 0) is 24.6 Å². The lowest BCUT2D eigenvalue weighted by Gasteiger charge is -2.29. The van der Waals surface area contributed by atoms with E-state index in [1.54, 1.807) is 30.3 Å². The maximum Gasteiger partial charge on any atom is 0.340 e. The first-order chi connectivity index (χ1) is 12.6. The van der Waals surface area contributed by atoms with Gasteiger partial charge >= 0.3 is 5.97 Å². The van der Waals surface area contributed by atoms with Gasteiger partial charge in [0.25, 0.3) is 0 Å². The minimum absolute atomic E-state index is 0.0422. The minimum Gasteiger partial charge on any atom is -0.433 e. The number of hydrogen-bond donors (Lipinski definition) is 1. The number of rotatable bonds is 3. The Morgan fingerprint density at radius 1 is 1.12 bits per heavy atom. The number of ether oxygens (including phenoxy) is 1. The smallest absolute Gasteiger partial charge is 0.340 e. The van der Waals surface area contributed by atoms with Crippen LogP contribution in [-0.4, -0.2) is 28.7 Å². The number of halogens is 1. The molecule has 1 fully saturated rings. The average Bonchev–Trinajstić information content (AvgIpc) is 3.17. The Morgan fingerprint density at radius 2 is 1.85 bits per heavy atom. The molecule has 0 aliphatic carbocycles. The maximum atomic E-state index is 13.8. The highest BCUT2D eigenvalue weighted by atomic mass is 19.1. The molecule has 1 N–H and O–H groups in total. The van der Waals surface area contributed by atoms with Gasteiger partial charge in [-0.1, -0.05) is 30.3 Å². The number of amides is 2. The Labute approximate surface area is 148 Å². The third kappa shape index (κ3) is 2.61. The number of para-hydroxylation sites is 1. The summed E-state index contributed by atoms with van der Waals surface area (Å²) in [7, 11) is 0. The van der Waals surface area contributed by atoms with Crippen LogP contribution < -0.4 is 5.32 Å². The van der Waals surface area contributed by atoms with Crippen molar-refractivity contribution >= 4 is 23.5 Å². The molecule has 0 spiro atoms. The fraction of sp³-hybridized carbons (Fsp3) is 0.211. The molecule has 2 aromatic carbocycles. The molecule has 2 aliphatic heterocycles. The number of hydrogen-bond acceptors (Lipinski definition) is 4. The second kappa shape index (κ2) is 6.25. The van der Waals surface area contributed by atoms with Crippen molar-refractivity contribution < 1.29 is 23.5 Å². The van der Waals surface area contributed by atoms with Crippen LogP contribution in [-0.2, 0) is 14.3 Å². The number of anilines is 1. The molecule has 7 heteroatoms. The third-order valence-corrected chi connectivity index (χ3v) is 4.61. The number of cyclic esters (lactones) is 1. The van der Waals surface area contributed by atoms with E-state index in [1.165, 1.54) is 23.1 Å². The van der Waals surface area contributed by atoms with E-state index >= 15 is 0 Å². The van der Waals surface area contributed by atoms with Crippen LogP contribution in [0.4, 0.5) is 10.1 Å². The normalized spacial score (nSPS) is 21.5. The first-order valence-corrected chi connectivity index (χ1v) is 8.23. The highest BCUT2D eigenvalue weighted by Crippen LogP contribution is 2.38. The number of carbonyl (C=O) groups is 3. The lowest BCUT2D eigenvalue weighted by Crippen LogP contribution is -2.44. The summed E-state index contributed by atoms with van der Waals surface area (Å²) in [6.07, 6.45) is -0.508. The highest BCUT2D eigenvalue weighted by molar-refractivity contribution is 6.00. The zero-order chi connectivity index (χ0) is 18.3. The van der Waals surface area contributed by atoms with Gasteiger partial charge in [0.15, 0.2) is 0 Å². The summed E-state index contributed by atoms with van der Waals surface area (Å²) in [4.78, 5) is 38.4. The largest absolute Gasteiger partial charge is 0.433 e. The van der Waals surface area contributed by atoms with Gasteiger partial charge in [-0.25, -0.2) is 9.18 Å². The Hall–Kier alpha value is -3.22. The van der Waals surface area contributed by atoms with E-state index in [0.717, 1.165) is 0 Å². The van der Waals surface area contributed by atoms with Crippen LogP contribution in [0.5, 0.6) is 0 Å². The number of likely N-dealkylation sites (tertiary alicyclic amines) is 1. The van der Waals surface area contributed by atoms with Crippen LogP contribution in [0.25, 0.3) is 0 Å². The third-order valence-electron chi connectivity index (χ3n) is 4.61. The summed E-state index contributed by atoms with van der Waals surface area (Å²) >= 11 is 0. The molecule has 26 heavy (non-hydrogen) atoms. The molecule has 4 rings (SSSR count). The van der Waals surface area contributed by atoms with E-state index < -0.39 is 30.0 Å². The van der Waals surface area contributed by atoms with Crippen LogP contribution in [0, 0.1) is 5.82 Å². The second-order valence-electron chi connectivity index (χ2n) is 6.17. The van der Waals surface area contributed by atoms with Crippen molar-refractivity contribution in [2.75, 3.05) is 5.32 Å². The predicted octanol–water partition coefficient (Wildman–Crippen LogP) is 2.62. The Balaban J connectivity index is 1.62. The van der Waals surface area contributed by atoms with Gasteiger partial charge in [0.05, 0.1) is 11.3 Å². The van der Waals surface area contributed by atoms with E-state index in [9.17, 15) is 18.8 Å². The number of nitrogens with zero attached hydrogens (tertiary/aromatic N) is 1. The molecule has 1 saturated heterocycles. The van der Waals surface area contributed by atoms with Crippen molar-refractivity contribution in [3.63, 3.8) is 0 Å². The average molecular weight is 354 g/mol. The quantitative estimate of drug-likeness (QED) is 0.860. The van der Waals surface area contributed by atoms with Crippen LogP contribution in [0.15, 0.2) is 48.5 Å². The number of esters is 1. The standard InChI is InChI=1S/C19H15FN2O4/c20-13-7-3-4-8-14(13)21-17(24)15-9-10-16(23)22(15)18-11-5-1-2-6-12(11)19(25)26-18/h1-8,15,18H,9-10H2,(H,21,24)/t15-,18-/m0/s1. The molecule has 0 radical (unpaired) electrons. The molecule has 2 amide bonds. The van der Waals surface area contributed by atoms with Crippen molar-refractivity contribution in [1.82, 2.24) is 4.90 Å². The van der Waals surface area contributed by atoms with E-state index in [1.807, 2.05) is 0 Å². The Bertz CT molecular complexity index is 914. The van der Waals surface area contributed by atoms with Crippen LogP contribution >= 0.6 is 0 Å². The topological polar surface area (TPSA) is 75.7 Å². The van der Waals surface area contributed by atoms with Crippen LogP contribution in [0.2, 0.25) is 0 Å². The molecule has 0 aromatic heterocycles. The summed E-state index contributed by atoms with van der Waals surface area (Å²) < 4.78 is 19.1. The number of fused-ring (bicyclic) bond motifs is 1. The lowest BCUT2D eigenvalue weighted by molar-refractivity contribution is -0.144. The van der Waals surface area contributed by atoms with Crippen molar-refractivity contribution in [1.29, 1.82) is 0 Å². The fourth-order valence-corrected chi connectivity index (χ4v) is 3.37. The Morgan fingerprint density at radius 3 is 2.65 bits per heavy atom. The van der Waals surface area contributed by atoms with E-state index in [-0.39, 0.29) is 24.4 Å². The SMILES string of the molecule is O=C1O[C@H](N2C(=O)CC[C@H]2C(=O)Nc2ccccc2F)c2ccccc21. The predicted molar refractivity (Wildman–Crippen MR) is 89.5 cm³/mol. The minimum atomic E-state index is -0.940. The first kappa shape index (κ1) is 16.3. The van der Waals surface area contributed by atoms with Gasteiger partial charge in [0.1, 0.15) is 11.9 Å². The van der Waals surface area contributed by atoms with Crippen molar-refractivity contribution in [3.05, 3.63) is 65.5 Å². The van der Waals surface area contributed by atoms with Gasteiger partial charge in [-0.2, -0.15) is 0 Å². The van der Waals surface area contributed by atoms with Gasteiger partial charge in [0.2, 0.25) is 18.0 Å². The van der Waals surface area contributed by atoms with Gasteiger partial charge in [0, 0.05) is 12.0 Å². The summed E-state index contributed by atoms with van der Waals surface area (Å²) in [5.74, 6) is -1.89. The van der Waals surface area contributed by atoms with Crippen molar-refractivity contribution in [2.45, 2.75) is 25.1 Å². The van der Waals surface area contributed by atoms with Crippen molar-refractivity contribution in [3.8, 4) is 0 Å². The van der Waals surface area contributed by atoms with E-state index in [2.05, 4.69) is 5.32 Å². The molecule has 0 bridgehead atoms. The maximum absolute atomic E-state index is 13.8. The molecular weight excluding hydrogens is 339 g/mol. The highest BCUT2D eigenvalue weighted by Gasteiger charge is 2.46. The summed E-state index contributed by atoms with van der Waals surface area (Å²) in [6, 6.07) is 11.7. The zero-order valence-corrected chi connectivity index (χ0v) is 13.6. The molecule has 132 valence electrons. The lowest BCUT2D eigenvalue weighted by atomic mass is 10.1. The zero-order valence-electron chi connectivity index (χ0n) is 13.6.